The van der Waals surface area contributed by atoms with Gasteiger partial charge in [-0.1, -0.05) is 6.07 Å². The van der Waals surface area contributed by atoms with Crippen LogP contribution in [0.3, 0.4) is 0 Å². The number of carbonyl (C=O) groups excluding carboxylic acids is 1. The molecular weight excluding hydrogens is 364 g/mol. The van der Waals surface area contributed by atoms with Crippen molar-refractivity contribution >= 4 is 23.6 Å². The number of ether oxygens (including phenoxy) is 3. The Morgan fingerprint density at radius 2 is 2.00 bits per heavy atom. The van der Waals surface area contributed by atoms with Crippen molar-refractivity contribution in [3.05, 3.63) is 68.9 Å². The summed E-state index contributed by atoms with van der Waals surface area (Å²) in [6, 6.07) is 9.67. The fraction of sp³-hybridized carbons (Fsp3) is 0.200. The first-order chi connectivity index (χ1) is 13.4. The van der Waals surface area contributed by atoms with Crippen molar-refractivity contribution in [3.8, 4) is 11.5 Å². The first-order valence-corrected chi connectivity index (χ1v) is 8.51. The number of rotatable bonds is 6. The van der Waals surface area contributed by atoms with Crippen LogP contribution in [0.2, 0.25) is 0 Å². The predicted octanol–water partition coefficient (Wildman–Crippen LogP) is 3.66. The Morgan fingerprint density at radius 1 is 1.21 bits per heavy atom. The monoisotopic (exact) mass is 382 g/mol. The molecular formula is C20H18N2O6. The summed E-state index contributed by atoms with van der Waals surface area (Å²) in [6.45, 7) is 3.95. The predicted molar refractivity (Wildman–Crippen MR) is 103 cm³/mol. The fourth-order valence-corrected chi connectivity index (χ4v) is 2.74. The minimum absolute atomic E-state index is 0.00822. The molecule has 144 valence electrons. The molecule has 0 bridgehead atoms. The summed E-state index contributed by atoms with van der Waals surface area (Å²) < 4.78 is 16.0. The minimum Gasteiger partial charge on any atom is -0.493 e. The topological polar surface area (TPSA) is 100 Å². The SMILES string of the molecule is CCOc1cc(/C=C2\N=C(c3ccc([N+](=O)[O-])c(C)c3)OC2=O)ccc1OC. The van der Waals surface area contributed by atoms with Gasteiger partial charge in [0.1, 0.15) is 0 Å². The van der Waals surface area contributed by atoms with E-state index in [4.69, 9.17) is 14.2 Å². The molecule has 0 aliphatic carbocycles. The molecule has 8 nitrogen and oxygen atoms in total. The van der Waals surface area contributed by atoms with Crippen LogP contribution in [-0.4, -0.2) is 30.5 Å². The quantitative estimate of drug-likeness (QED) is 0.327. The number of hydrogen-bond acceptors (Lipinski definition) is 7. The minimum atomic E-state index is -0.597. The van der Waals surface area contributed by atoms with Gasteiger partial charge >= 0.3 is 5.97 Å². The van der Waals surface area contributed by atoms with Crippen molar-refractivity contribution in [2.75, 3.05) is 13.7 Å². The maximum Gasteiger partial charge on any atom is 0.363 e. The molecule has 0 N–H and O–H groups in total. The standard InChI is InChI=1S/C20H18N2O6/c1-4-27-18-11-13(5-8-17(18)26-3)10-15-20(23)28-19(21-15)14-6-7-16(22(24)25)12(2)9-14/h5-11H,4H2,1-3H3/b15-10-. The van der Waals surface area contributed by atoms with Gasteiger partial charge in [-0.05, 0) is 49.8 Å². The van der Waals surface area contributed by atoms with Crippen molar-refractivity contribution in [3.63, 3.8) is 0 Å². The third kappa shape index (κ3) is 3.85. The van der Waals surface area contributed by atoms with E-state index < -0.39 is 10.9 Å². The smallest absolute Gasteiger partial charge is 0.363 e. The largest absolute Gasteiger partial charge is 0.493 e. The average molecular weight is 382 g/mol. The molecule has 28 heavy (non-hydrogen) atoms. The normalized spacial score (nSPS) is 14.6. The third-order valence-corrected chi connectivity index (χ3v) is 4.05. The molecule has 0 amide bonds. The third-order valence-electron chi connectivity index (χ3n) is 4.05. The van der Waals surface area contributed by atoms with Crippen LogP contribution < -0.4 is 9.47 Å². The highest BCUT2D eigenvalue weighted by Crippen LogP contribution is 2.30. The molecule has 0 unspecified atom stereocenters. The van der Waals surface area contributed by atoms with Crippen LogP contribution in [0.4, 0.5) is 5.69 Å². The second kappa shape index (κ2) is 7.91. The van der Waals surface area contributed by atoms with Gasteiger partial charge in [0.2, 0.25) is 5.90 Å². The van der Waals surface area contributed by atoms with E-state index in [1.165, 1.54) is 12.1 Å². The number of nitrogens with zero attached hydrogens (tertiary/aromatic N) is 2. The van der Waals surface area contributed by atoms with Gasteiger partial charge in [-0.3, -0.25) is 10.1 Å². The molecule has 0 fully saturated rings. The van der Waals surface area contributed by atoms with Crippen LogP contribution in [0.1, 0.15) is 23.6 Å². The van der Waals surface area contributed by atoms with Crippen molar-refractivity contribution in [1.82, 2.24) is 0 Å². The first-order valence-electron chi connectivity index (χ1n) is 8.51. The number of carbonyl (C=O) groups is 1. The van der Waals surface area contributed by atoms with Crippen molar-refractivity contribution < 1.29 is 23.9 Å². The van der Waals surface area contributed by atoms with Crippen molar-refractivity contribution in [2.45, 2.75) is 13.8 Å². The summed E-state index contributed by atoms with van der Waals surface area (Å²) in [7, 11) is 1.55. The number of aliphatic imine (C=N–C) groups is 1. The number of nitro groups is 1. The molecule has 0 aromatic heterocycles. The lowest BCUT2D eigenvalue weighted by molar-refractivity contribution is -0.385. The van der Waals surface area contributed by atoms with Crippen LogP contribution in [-0.2, 0) is 9.53 Å². The van der Waals surface area contributed by atoms with Gasteiger partial charge in [-0.25, -0.2) is 9.79 Å². The van der Waals surface area contributed by atoms with Gasteiger partial charge in [0, 0.05) is 17.2 Å². The van der Waals surface area contributed by atoms with E-state index in [1.807, 2.05) is 6.92 Å². The Kier molecular flexibility index (Phi) is 5.39. The highest BCUT2D eigenvalue weighted by atomic mass is 16.6. The zero-order chi connectivity index (χ0) is 20.3. The molecule has 2 aromatic carbocycles. The highest BCUT2D eigenvalue weighted by Gasteiger charge is 2.25. The van der Waals surface area contributed by atoms with Crippen LogP contribution in [0.15, 0.2) is 47.1 Å². The lowest BCUT2D eigenvalue weighted by Gasteiger charge is -2.09. The molecule has 1 aliphatic rings. The summed E-state index contributed by atoms with van der Waals surface area (Å²) in [5, 5.41) is 10.9. The van der Waals surface area contributed by atoms with E-state index >= 15 is 0 Å². The molecule has 2 aromatic rings. The number of benzene rings is 2. The van der Waals surface area contributed by atoms with E-state index in [2.05, 4.69) is 4.99 Å². The second-order valence-corrected chi connectivity index (χ2v) is 5.94. The average Bonchev–Trinajstić information content (AvgIpc) is 3.02. The van der Waals surface area contributed by atoms with Gasteiger partial charge in [-0.2, -0.15) is 0 Å². The number of esters is 1. The van der Waals surface area contributed by atoms with E-state index in [-0.39, 0.29) is 17.3 Å². The second-order valence-electron chi connectivity index (χ2n) is 5.94. The van der Waals surface area contributed by atoms with E-state index in [0.717, 1.165) is 0 Å². The maximum absolute atomic E-state index is 12.2. The highest BCUT2D eigenvalue weighted by molar-refractivity contribution is 6.13. The number of cyclic esters (lactones) is 1. The van der Waals surface area contributed by atoms with Crippen LogP contribution in [0.25, 0.3) is 6.08 Å². The van der Waals surface area contributed by atoms with Gasteiger partial charge in [-0.15, -0.1) is 0 Å². The zero-order valence-corrected chi connectivity index (χ0v) is 15.6. The first kappa shape index (κ1) is 19.1. The Hall–Kier alpha value is -3.68. The van der Waals surface area contributed by atoms with E-state index in [1.54, 1.807) is 44.4 Å². The van der Waals surface area contributed by atoms with Gasteiger partial charge in [0.25, 0.3) is 5.69 Å². The summed E-state index contributed by atoms with van der Waals surface area (Å²) in [5.74, 6) is 0.650. The molecule has 0 radical (unpaired) electrons. The molecule has 0 atom stereocenters. The lowest BCUT2D eigenvalue weighted by atomic mass is 10.1. The van der Waals surface area contributed by atoms with Crippen molar-refractivity contribution in [2.24, 2.45) is 4.99 Å². The molecule has 1 heterocycles. The Balaban J connectivity index is 1.92. The summed E-state index contributed by atoms with van der Waals surface area (Å²) in [6.07, 6.45) is 1.58. The van der Waals surface area contributed by atoms with Gasteiger partial charge in [0.05, 0.1) is 18.6 Å². The fourth-order valence-electron chi connectivity index (χ4n) is 2.74. The lowest BCUT2D eigenvalue weighted by Crippen LogP contribution is -2.06. The van der Waals surface area contributed by atoms with E-state index in [0.29, 0.717) is 34.8 Å². The number of aryl methyl sites for hydroxylation is 1. The van der Waals surface area contributed by atoms with E-state index in [9.17, 15) is 14.9 Å². The Morgan fingerprint density at radius 3 is 2.64 bits per heavy atom. The molecule has 0 saturated carbocycles. The van der Waals surface area contributed by atoms with Gasteiger partial charge in [0.15, 0.2) is 17.2 Å². The number of methoxy groups -OCH3 is 1. The van der Waals surface area contributed by atoms with Gasteiger partial charge < -0.3 is 14.2 Å². The molecule has 3 rings (SSSR count). The summed E-state index contributed by atoms with van der Waals surface area (Å²) in [4.78, 5) is 26.9. The summed E-state index contributed by atoms with van der Waals surface area (Å²) in [5.41, 5.74) is 1.76. The molecule has 1 aliphatic heterocycles. The Labute approximate surface area is 161 Å². The van der Waals surface area contributed by atoms with Crippen molar-refractivity contribution in [1.29, 1.82) is 0 Å². The molecule has 8 heteroatoms. The van der Waals surface area contributed by atoms with Crippen LogP contribution in [0, 0.1) is 17.0 Å². The maximum atomic E-state index is 12.2. The Bertz CT molecular complexity index is 1010. The summed E-state index contributed by atoms with van der Waals surface area (Å²) >= 11 is 0. The van der Waals surface area contributed by atoms with Crippen LogP contribution >= 0.6 is 0 Å². The molecule has 0 spiro atoms. The van der Waals surface area contributed by atoms with Crippen LogP contribution in [0.5, 0.6) is 11.5 Å². The number of nitro benzene ring substituents is 1. The number of hydrogen-bond donors (Lipinski definition) is 0. The zero-order valence-electron chi connectivity index (χ0n) is 15.6. The molecule has 0 saturated heterocycles.